The van der Waals surface area contributed by atoms with Crippen LogP contribution in [0.25, 0.3) is 0 Å². The Morgan fingerprint density at radius 2 is 1.83 bits per heavy atom. The number of carbonyl (C=O) groups is 1. The lowest BCUT2D eigenvalue weighted by molar-refractivity contribution is 0.0525. The molecule has 0 radical (unpaired) electrons. The van der Waals surface area contributed by atoms with Crippen molar-refractivity contribution in [1.29, 1.82) is 0 Å². The molecule has 0 aliphatic heterocycles. The van der Waals surface area contributed by atoms with Crippen LogP contribution in [0.3, 0.4) is 0 Å². The van der Waals surface area contributed by atoms with Gasteiger partial charge in [0.15, 0.2) is 11.5 Å². The molecule has 0 unspecified atom stereocenters. The molecular formula is C18H18ClFO4. The summed E-state index contributed by atoms with van der Waals surface area (Å²) in [6.45, 7) is 4.44. The lowest BCUT2D eigenvalue weighted by Crippen LogP contribution is -2.06. The van der Waals surface area contributed by atoms with E-state index in [0.29, 0.717) is 35.8 Å². The minimum Gasteiger partial charge on any atom is -0.490 e. The predicted octanol–water partition coefficient (Wildman–Crippen LogP) is 4.63. The van der Waals surface area contributed by atoms with Gasteiger partial charge in [-0.05, 0) is 44.2 Å². The van der Waals surface area contributed by atoms with Crippen molar-refractivity contribution in [3.8, 4) is 11.5 Å². The van der Waals surface area contributed by atoms with Crippen LogP contribution in [0.4, 0.5) is 4.39 Å². The van der Waals surface area contributed by atoms with E-state index in [1.807, 2.05) is 6.92 Å². The van der Waals surface area contributed by atoms with Crippen molar-refractivity contribution >= 4 is 17.6 Å². The predicted molar refractivity (Wildman–Crippen MR) is 89.3 cm³/mol. The summed E-state index contributed by atoms with van der Waals surface area (Å²) >= 11 is 5.99. The van der Waals surface area contributed by atoms with Crippen LogP contribution in [0.2, 0.25) is 5.02 Å². The summed E-state index contributed by atoms with van der Waals surface area (Å²) in [7, 11) is 0. The Hall–Kier alpha value is -2.27. The zero-order valence-electron chi connectivity index (χ0n) is 13.5. The Labute approximate surface area is 145 Å². The van der Waals surface area contributed by atoms with Crippen LogP contribution in [0.1, 0.15) is 29.8 Å². The average molecular weight is 353 g/mol. The number of ether oxygens (including phenoxy) is 3. The quantitative estimate of drug-likeness (QED) is 0.681. The van der Waals surface area contributed by atoms with E-state index in [1.165, 1.54) is 12.1 Å². The fraction of sp³-hybridized carbons (Fsp3) is 0.278. The largest absolute Gasteiger partial charge is 0.490 e. The first-order valence-electron chi connectivity index (χ1n) is 7.55. The molecule has 4 nitrogen and oxygen atoms in total. The second kappa shape index (κ2) is 8.55. The molecule has 0 aromatic heterocycles. The summed E-state index contributed by atoms with van der Waals surface area (Å²) in [5, 5.41) is 0.288. The van der Waals surface area contributed by atoms with E-state index in [1.54, 1.807) is 31.2 Å². The molecule has 0 heterocycles. The number of benzene rings is 2. The minimum absolute atomic E-state index is 0.151. The van der Waals surface area contributed by atoms with Gasteiger partial charge >= 0.3 is 5.97 Å². The molecule has 128 valence electrons. The van der Waals surface area contributed by atoms with E-state index >= 15 is 0 Å². The van der Waals surface area contributed by atoms with Crippen LogP contribution >= 0.6 is 11.6 Å². The number of carbonyl (C=O) groups excluding carboxylic acids is 1. The minimum atomic E-state index is -0.424. The van der Waals surface area contributed by atoms with Gasteiger partial charge in [0, 0.05) is 5.56 Å². The molecule has 0 aliphatic carbocycles. The Morgan fingerprint density at radius 3 is 2.50 bits per heavy atom. The number of halogens is 2. The van der Waals surface area contributed by atoms with E-state index in [2.05, 4.69) is 0 Å². The van der Waals surface area contributed by atoms with Gasteiger partial charge in [-0.15, -0.1) is 0 Å². The number of esters is 1. The fourth-order valence-corrected chi connectivity index (χ4v) is 2.25. The Morgan fingerprint density at radius 1 is 1.04 bits per heavy atom. The van der Waals surface area contributed by atoms with E-state index < -0.39 is 11.8 Å². The summed E-state index contributed by atoms with van der Waals surface area (Å²) in [5.41, 5.74) is 1.03. The molecular weight excluding hydrogens is 335 g/mol. The van der Waals surface area contributed by atoms with E-state index in [0.717, 1.165) is 0 Å². The molecule has 2 aromatic rings. The molecule has 2 rings (SSSR count). The summed E-state index contributed by atoms with van der Waals surface area (Å²) in [4.78, 5) is 11.8. The lowest BCUT2D eigenvalue weighted by Gasteiger charge is -2.14. The molecule has 2 aromatic carbocycles. The third-order valence-electron chi connectivity index (χ3n) is 3.15. The van der Waals surface area contributed by atoms with Crippen molar-refractivity contribution in [3.05, 3.63) is 58.4 Å². The van der Waals surface area contributed by atoms with Crippen LogP contribution < -0.4 is 9.47 Å². The van der Waals surface area contributed by atoms with Gasteiger partial charge in [-0.2, -0.15) is 0 Å². The summed E-state index contributed by atoms with van der Waals surface area (Å²) in [6, 6.07) is 8.91. The summed E-state index contributed by atoms with van der Waals surface area (Å²) < 4.78 is 29.3. The van der Waals surface area contributed by atoms with E-state index in [4.69, 9.17) is 25.8 Å². The van der Waals surface area contributed by atoms with Crippen molar-refractivity contribution in [3.63, 3.8) is 0 Å². The molecule has 0 saturated carbocycles. The topological polar surface area (TPSA) is 44.8 Å². The van der Waals surface area contributed by atoms with Crippen molar-refractivity contribution in [2.24, 2.45) is 0 Å². The van der Waals surface area contributed by atoms with E-state index in [9.17, 15) is 9.18 Å². The molecule has 6 heteroatoms. The molecule has 0 atom stereocenters. The molecule has 0 aliphatic rings. The maximum absolute atomic E-state index is 13.1. The smallest absolute Gasteiger partial charge is 0.338 e. The highest BCUT2D eigenvalue weighted by atomic mass is 35.5. The third-order valence-corrected chi connectivity index (χ3v) is 3.50. The van der Waals surface area contributed by atoms with Gasteiger partial charge in [0.25, 0.3) is 0 Å². The van der Waals surface area contributed by atoms with E-state index in [-0.39, 0.29) is 11.6 Å². The highest BCUT2D eigenvalue weighted by Gasteiger charge is 2.13. The number of hydrogen-bond donors (Lipinski definition) is 0. The highest BCUT2D eigenvalue weighted by molar-refractivity contribution is 6.31. The van der Waals surface area contributed by atoms with Gasteiger partial charge in [0.05, 0.1) is 23.8 Å². The Balaban J connectivity index is 2.17. The van der Waals surface area contributed by atoms with Crippen LogP contribution in [-0.2, 0) is 11.3 Å². The maximum Gasteiger partial charge on any atom is 0.338 e. The van der Waals surface area contributed by atoms with Gasteiger partial charge in [-0.25, -0.2) is 9.18 Å². The van der Waals surface area contributed by atoms with Gasteiger partial charge in [-0.1, -0.05) is 17.7 Å². The maximum atomic E-state index is 13.1. The van der Waals surface area contributed by atoms with Crippen LogP contribution in [-0.4, -0.2) is 19.2 Å². The molecule has 0 N–H and O–H groups in total. The molecule has 24 heavy (non-hydrogen) atoms. The fourth-order valence-electron chi connectivity index (χ4n) is 2.03. The monoisotopic (exact) mass is 352 g/mol. The van der Waals surface area contributed by atoms with Gasteiger partial charge in [0.2, 0.25) is 0 Å². The Bertz CT molecular complexity index is 718. The zero-order valence-corrected chi connectivity index (χ0v) is 14.2. The average Bonchev–Trinajstić information content (AvgIpc) is 2.55. The van der Waals surface area contributed by atoms with Crippen molar-refractivity contribution in [2.45, 2.75) is 20.5 Å². The first-order valence-corrected chi connectivity index (χ1v) is 7.93. The Kier molecular flexibility index (Phi) is 6.44. The van der Waals surface area contributed by atoms with Crippen molar-refractivity contribution in [1.82, 2.24) is 0 Å². The number of rotatable bonds is 7. The van der Waals surface area contributed by atoms with Gasteiger partial charge in [-0.3, -0.25) is 0 Å². The zero-order chi connectivity index (χ0) is 17.5. The highest BCUT2D eigenvalue weighted by Crippen LogP contribution is 2.30. The first-order chi connectivity index (χ1) is 11.5. The molecule has 0 saturated heterocycles. The van der Waals surface area contributed by atoms with Crippen LogP contribution in [0, 0.1) is 5.82 Å². The van der Waals surface area contributed by atoms with Gasteiger partial charge in [0.1, 0.15) is 12.4 Å². The molecule has 0 spiro atoms. The number of hydrogen-bond acceptors (Lipinski definition) is 4. The summed E-state index contributed by atoms with van der Waals surface area (Å²) in [6.07, 6.45) is 0. The van der Waals surface area contributed by atoms with Crippen LogP contribution in [0.5, 0.6) is 11.5 Å². The molecule has 0 amide bonds. The summed E-state index contributed by atoms with van der Waals surface area (Å²) in [5.74, 6) is 0.0655. The normalized spacial score (nSPS) is 10.3. The standard InChI is InChI=1S/C18H18ClFO4/c1-3-22-17-9-12(18(21)23-4-2)6-8-16(17)24-11-13-5-7-14(20)10-15(13)19/h5-10H,3-4,11H2,1-2H3. The SMILES string of the molecule is CCOC(=O)c1ccc(OCc2ccc(F)cc2Cl)c(OCC)c1. The van der Waals surface area contributed by atoms with Crippen molar-refractivity contribution in [2.75, 3.05) is 13.2 Å². The third kappa shape index (κ3) is 4.61. The van der Waals surface area contributed by atoms with Crippen LogP contribution in [0.15, 0.2) is 36.4 Å². The first kappa shape index (κ1) is 18.1. The lowest BCUT2D eigenvalue weighted by atomic mass is 10.2. The van der Waals surface area contributed by atoms with Gasteiger partial charge < -0.3 is 14.2 Å². The molecule has 0 bridgehead atoms. The van der Waals surface area contributed by atoms with Crippen molar-refractivity contribution < 1.29 is 23.4 Å². The molecule has 0 fully saturated rings. The second-order valence-corrected chi connectivity index (χ2v) is 5.25. The second-order valence-electron chi connectivity index (χ2n) is 4.84.